The molecular weight excluding hydrogens is 370 g/mol. The predicted octanol–water partition coefficient (Wildman–Crippen LogP) is 3.35. The molecule has 0 spiro atoms. The fourth-order valence-electron chi connectivity index (χ4n) is 1.83. The zero-order valence-electron chi connectivity index (χ0n) is 14.4. The molecule has 1 aromatic carbocycles. The molecule has 136 valence electrons. The van der Waals surface area contributed by atoms with Crippen molar-refractivity contribution in [1.29, 1.82) is 0 Å². The minimum atomic E-state index is -0.421. The number of carbonyl (C=O) groups is 1. The van der Waals surface area contributed by atoms with Crippen LogP contribution in [0.4, 0.5) is 0 Å². The zero-order chi connectivity index (χ0) is 18.9. The molecule has 2 aromatic rings. The standard InChI is InChI=1S/C18H19N3O3S2/c1-12(2)10-19-18(25)21-20-11-13-6-7-14(15(9-13)23-3)24-17(22)16-5-4-8-26-16/h4-9,11H,1,10H2,2-3H3,(H2,19,21,25)/b20-11+. The molecule has 0 bridgehead atoms. The molecule has 0 amide bonds. The van der Waals surface area contributed by atoms with E-state index in [-0.39, 0.29) is 0 Å². The molecule has 0 aliphatic rings. The average Bonchev–Trinajstić information content (AvgIpc) is 3.16. The Morgan fingerprint density at radius 1 is 1.38 bits per heavy atom. The number of hydrazone groups is 1. The Bertz CT molecular complexity index is 817. The number of nitrogens with zero attached hydrogens (tertiary/aromatic N) is 1. The van der Waals surface area contributed by atoms with Crippen molar-refractivity contribution in [3.05, 3.63) is 58.3 Å². The maximum Gasteiger partial charge on any atom is 0.353 e. The van der Waals surface area contributed by atoms with E-state index in [9.17, 15) is 4.79 Å². The summed E-state index contributed by atoms with van der Waals surface area (Å²) in [6.07, 6.45) is 1.59. The lowest BCUT2D eigenvalue weighted by molar-refractivity contribution is 0.0735. The van der Waals surface area contributed by atoms with Crippen LogP contribution in [0, 0.1) is 0 Å². The molecule has 8 heteroatoms. The van der Waals surface area contributed by atoms with Crippen molar-refractivity contribution in [2.45, 2.75) is 6.92 Å². The molecule has 0 unspecified atom stereocenters. The van der Waals surface area contributed by atoms with Gasteiger partial charge in [-0.25, -0.2) is 4.79 Å². The van der Waals surface area contributed by atoms with Crippen LogP contribution in [0.3, 0.4) is 0 Å². The van der Waals surface area contributed by atoms with Crippen molar-refractivity contribution in [3.8, 4) is 11.5 Å². The van der Waals surface area contributed by atoms with Crippen LogP contribution in [0.5, 0.6) is 11.5 Å². The van der Waals surface area contributed by atoms with E-state index in [2.05, 4.69) is 22.4 Å². The molecule has 0 saturated carbocycles. The Kier molecular flexibility index (Phi) is 7.31. The Balaban J connectivity index is 1.99. The van der Waals surface area contributed by atoms with Gasteiger partial charge in [-0.3, -0.25) is 5.43 Å². The second-order valence-corrected chi connectivity index (χ2v) is 6.64. The van der Waals surface area contributed by atoms with Gasteiger partial charge in [-0.1, -0.05) is 18.2 Å². The molecule has 26 heavy (non-hydrogen) atoms. The van der Waals surface area contributed by atoms with E-state index in [4.69, 9.17) is 21.7 Å². The van der Waals surface area contributed by atoms with E-state index in [0.29, 0.717) is 28.0 Å². The first-order valence-corrected chi connectivity index (χ1v) is 8.93. The van der Waals surface area contributed by atoms with Gasteiger partial charge in [0.1, 0.15) is 4.88 Å². The van der Waals surface area contributed by atoms with Crippen LogP contribution in [0.25, 0.3) is 0 Å². The number of thiophene rings is 1. The topological polar surface area (TPSA) is 72.0 Å². The number of ether oxygens (including phenoxy) is 2. The molecule has 0 aliphatic heterocycles. The second-order valence-electron chi connectivity index (χ2n) is 5.29. The summed E-state index contributed by atoms with van der Waals surface area (Å²) < 4.78 is 10.7. The quantitative estimate of drug-likeness (QED) is 0.189. The monoisotopic (exact) mass is 389 g/mol. The molecule has 1 aromatic heterocycles. The average molecular weight is 390 g/mol. The van der Waals surface area contributed by atoms with Crippen LogP contribution >= 0.6 is 23.6 Å². The van der Waals surface area contributed by atoms with Gasteiger partial charge in [0.05, 0.1) is 13.3 Å². The summed E-state index contributed by atoms with van der Waals surface area (Å²) >= 11 is 6.40. The summed E-state index contributed by atoms with van der Waals surface area (Å²) in [7, 11) is 1.51. The largest absolute Gasteiger partial charge is 0.493 e. The zero-order valence-corrected chi connectivity index (χ0v) is 16.1. The van der Waals surface area contributed by atoms with Crippen molar-refractivity contribution in [2.24, 2.45) is 5.10 Å². The Hall–Kier alpha value is -2.71. The van der Waals surface area contributed by atoms with Crippen molar-refractivity contribution >= 4 is 40.9 Å². The molecule has 0 aliphatic carbocycles. The van der Waals surface area contributed by atoms with Gasteiger partial charge in [0.25, 0.3) is 0 Å². The summed E-state index contributed by atoms with van der Waals surface area (Å²) in [6, 6.07) is 8.63. The molecule has 2 rings (SSSR count). The third-order valence-electron chi connectivity index (χ3n) is 3.04. The molecule has 1 heterocycles. The lowest BCUT2D eigenvalue weighted by Gasteiger charge is -2.09. The van der Waals surface area contributed by atoms with Gasteiger partial charge in [-0.2, -0.15) is 5.10 Å². The van der Waals surface area contributed by atoms with Crippen molar-refractivity contribution in [3.63, 3.8) is 0 Å². The first kappa shape index (κ1) is 19.6. The van der Waals surface area contributed by atoms with Crippen LogP contribution in [-0.2, 0) is 0 Å². The first-order chi connectivity index (χ1) is 12.5. The fraction of sp³-hybridized carbons (Fsp3) is 0.167. The van der Waals surface area contributed by atoms with Crippen LogP contribution in [0.1, 0.15) is 22.2 Å². The lowest BCUT2D eigenvalue weighted by Crippen LogP contribution is -2.32. The molecule has 6 nitrogen and oxygen atoms in total. The summed E-state index contributed by atoms with van der Waals surface area (Å²) in [5.41, 5.74) is 4.44. The second kappa shape index (κ2) is 9.69. The van der Waals surface area contributed by atoms with Crippen molar-refractivity contribution < 1.29 is 14.3 Å². The predicted molar refractivity (Wildman–Crippen MR) is 108 cm³/mol. The molecule has 2 N–H and O–H groups in total. The third-order valence-corrected chi connectivity index (χ3v) is 4.13. The normalized spacial score (nSPS) is 10.4. The smallest absolute Gasteiger partial charge is 0.353 e. The van der Waals surface area contributed by atoms with Crippen molar-refractivity contribution in [2.75, 3.05) is 13.7 Å². The fourth-order valence-corrected chi connectivity index (χ4v) is 2.55. The number of hydrogen-bond donors (Lipinski definition) is 2. The SMILES string of the molecule is C=C(C)CNC(=S)N/N=C/c1ccc(OC(=O)c2cccs2)c(OC)c1. The van der Waals surface area contributed by atoms with Gasteiger partial charge in [0.15, 0.2) is 16.6 Å². The lowest BCUT2D eigenvalue weighted by atomic mass is 10.2. The van der Waals surface area contributed by atoms with Gasteiger partial charge in [-0.05, 0) is 54.4 Å². The number of thiocarbonyl (C=S) groups is 1. The maximum atomic E-state index is 12.1. The molecule has 0 atom stereocenters. The van der Waals surface area contributed by atoms with Crippen LogP contribution in [-0.4, -0.2) is 31.0 Å². The van der Waals surface area contributed by atoms with Crippen LogP contribution < -0.4 is 20.2 Å². The van der Waals surface area contributed by atoms with E-state index in [1.54, 1.807) is 36.5 Å². The van der Waals surface area contributed by atoms with Gasteiger partial charge >= 0.3 is 5.97 Å². The highest BCUT2D eigenvalue weighted by Gasteiger charge is 2.13. The van der Waals surface area contributed by atoms with Gasteiger partial charge in [0, 0.05) is 6.54 Å². The Morgan fingerprint density at radius 3 is 2.85 bits per heavy atom. The Labute approximate surface area is 161 Å². The minimum Gasteiger partial charge on any atom is -0.493 e. The Morgan fingerprint density at radius 2 is 2.19 bits per heavy atom. The summed E-state index contributed by atoms with van der Waals surface area (Å²) in [5.74, 6) is 0.354. The van der Waals surface area contributed by atoms with Gasteiger partial charge in [0.2, 0.25) is 0 Å². The van der Waals surface area contributed by atoms with E-state index < -0.39 is 5.97 Å². The summed E-state index contributed by atoms with van der Waals surface area (Å²) in [6.45, 7) is 6.27. The number of carbonyl (C=O) groups excluding carboxylic acids is 1. The van der Waals surface area contributed by atoms with E-state index >= 15 is 0 Å². The van der Waals surface area contributed by atoms with E-state index in [0.717, 1.165) is 11.1 Å². The highest BCUT2D eigenvalue weighted by molar-refractivity contribution is 7.80. The van der Waals surface area contributed by atoms with Gasteiger partial charge in [-0.15, -0.1) is 11.3 Å². The van der Waals surface area contributed by atoms with E-state index in [1.165, 1.54) is 18.4 Å². The maximum absolute atomic E-state index is 12.1. The van der Waals surface area contributed by atoms with Crippen molar-refractivity contribution in [1.82, 2.24) is 10.7 Å². The summed E-state index contributed by atoms with van der Waals surface area (Å²) in [5, 5.41) is 9.23. The molecular formula is C18H19N3O3S2. The minimum absolute atomic E-state index is 0.342. The molecule has 0 fully saturated rings. The number of rotatable bonds is 7. The number of benzene rings is 1. The molecule has 0 radical (unpaired) electrons. The van der Waals surface area contributed by atoms with Crippen LogP contribution in [0.2, 0.25) is 0 Å². The first-order valence-electron chi connectivity index (χ1n) is 7.64. The number of hydrogen-bond acceptors (Lipinski definition) is 6. The summed E-state index contributed by atoms with van der Waals surface area (Å²) in [4.78, 5) is 12.6. The highest BCUT2D eigenvalue weighted by Crippen LogP contribution is 2.28. The number of methoxy groups -OCH3 is 1. The van der Waals surface area contributed by atoms with Crippen LogP contribution in [0.15, 0.2) is 53.0 Å². The number of esters is 1. The third kappa shape index (κ3) is 5.98. The number of nitrogens with one attached hydrogen (secondary N) is 2. The van der Waals surface area contributed by atoms with Gasteiger partial charge < -0.3 is 14.8 Å². The highest BCUT2D eigenvalue weighted by atomic mass is 32.1. The van der Waals surface area contributed by atoms with E-state index in [1.807, 2.05) is 12.3 Å². The molecule has 0 saturated heterocycles.